The summed E-state index contributed by atoms with van der Waals surface area (Å²) in [6.45, 7) is 8.45. The summed E-state index contributed by atoms with van der Waals surface area (Å²) in [6, 6.07) is 0. The van der Waals surface area contributed by atoms with Crippen LogP contribution in [0, 0.1) is 0 Å². The highest BCUT2D eigenvalue weighted by molar-refractivity contribution is 7.56. The fourth-order valence-corrected chi connectivity index (χ4v) is 6.47. The van der Waals surface area contributed by atoms with E-state index in [0.717, 1.165) is 0 Å². The third-order valence-corrected chi connectivity index (χ3v) is 8.81. The molecule has 0 saturated heterocycles. The van der Waals surface area contributed by atoms with Crippen LogP contribution in [0.1, 0.15) is 60.3 Å². The van der Waals surface area contributed by atoms with Crippen molar-refractivity contribution in [3.8, 4) is 0 Å². The Morgan fingerprint density at radius 3 is 1.60 bits per heavy atom. The first kappa shape index (κ1) is 29.2. The van der Waals surface area contributed by atoms with E-state index in [4.69, 9.17) is 22.8 Å². The highest BCUT2D eigenvalue weighted by Crippen LogP contribution is 2.56. The minimum Gasteiger partial charge on any atom is -0.481 e. The van der Waals surface area contributed by atoms with Crippen molar-refractivity contribution in [3.63, 3.8) is 0 Å². The highest BCUT2D eigenvalue weighted by atomic mass is 31.2. The summed E-state index contributed by atoms with van der Waals surface area (Å²) in [5, 5.41) is 9.45. The van der Waals surface area contributed by atoms with Crippen molar-refractivity contribution in [2.75, 3.05) is 33.0 Å². The van der Waals surface area contributed by atoms with Crippen molar-refractivity contribution in [1.29, 1.82) is 0 Å². The standard InChI is InChI=1S/C18H36O10P2/c1-6-12-27-29(22,28-13-7-2)15(8-3)18(21)24-14-11-16(17(19)20)30(23,25-9-4)26-10-5/h15-16H,6-14H2,1-5H3,(H,19,20). The van der Waals surface area contributed by atoms with E-state index in [9.17, 15) is 23.8 Å². The molecule has 0 aromatic heterocycles. The van der Waals surface area contributed by atoms with Gasteiger partial charge in [0.15, 0.2) is 11.3 Å². The quantitative estimate of drug-likeness (QED) is 0.224. The van der Waals surface area contributed by atoms with Crippen LogP contribution in [0.4, 0.5) is 0 Å². The van der Waals surface area contributed by atoms with E-state index in [1.807, 2.05) is 13.8 Å². The summed E-state index contributed by atoms with van der Waals surface area (Å²) in [6.07, 6.45) is 1.05. The van der Waals surface area contributed by atoms with Gasteiger partial charge in [0.05, 0.1) is 33.0 Å². The molecule has 10 nitrogen and oxygen atoms in total. The molecule has 12 heteroatoms. The number of aliphatic carboxylic acids is 1. The second-order valence-corrected chi connectivity index (χ2v) is 10.8. The Morgan fingerprint density at radius 2 is 1.23 bits per heavy atom. The predicted molar refractivity (Wildman–Crippen MR) is 112 cm³/mol. The number of rotatable bonds is 18. The van der Waals surface area contributed by atoms with Crippen molar-refractivity contribution < 1.29 is 46.7 Å². The van der Waals surface area contributed by atoms with Gasteiger partial charge in [-0.2, -0.15) is 0 Å². The molecule has 30 heavy (non-hydrogen) atoms. The lowest BCUT2D eigenvalue weighted by atomic mass is 10.3. The van der Waals surface area contributed by atoms with E-state index in [0.29, 0.717) is 12.8 Å². The minimum absolute atomic E-state index is 0.00543. The number of carboxylic acids is 1. The average molecular weight is 474 g/mol. The lowest BCUT2D eigenvalue weighted by molar-refractivity contribution is -0.145. The largest absolute Gasteiger partial charge is 0.481 e. The third kappa shape index (κ3) is 9.16. The maximum absolute atomic E-state index is 13.1. The van der Waals surface area contributed by atoms with Gasteiger partial charge < -0.3 is 27.9 Å². The fraction of sp³-hybridized carbons (Fsp3) is 0.889. The van der Waals surface area contributed by atoms with Gasteiger partial charge >= 0.3 is 27.1 Å². The molecule has 0 bridgehead atoms. The number of carbonyl (C=O) groups excluding carboxylic acids is 1. The third-order valence-electron chi connectivity index (χ3n) is 3.91. The summed E-state index contributed by atoms with van der Waals surface area (Å²) in [7, 11) is -7.68. The van der Waals surface area contributed by atoms with Gasteiger partial charge in [-0.1, -0.05) is 20.8 Å². The fourth-order valence-electron chi connectivity index (χ4n) is 2.53. The molecule has 0 saturated carbocycles. The van der Waals surface area contributed by atoms with Crippen LogP contribution in [0.15, 0.2) is 0 Å². The molecule has 0 aliphatic rings. The molecule has 0 spiro atoms. The average Bonchev–Trinajstić information content (AvgIpc) is 2.68. The first-order valence-electron chi connectivity index (χ1n) is 10.3. The predicted octanol–water partition coefficient (Wildman–Crippen LogP) is 4.46. The molecule has 178 valence electrons. The monoisotopic (exact) mass is 474 g/mol. The van der Waals surface area contributed by atoms with Gasteiger partial charge in [-0.05, 0) is 33.1 Å². The van der Waals surface area contributed by atoms with Gasteiger partial charge in [-0.15, -0.1) is 0 Å². The van der Waals surface area contributed by atoms with Crippen LogP contribution in [0.3, 0.4) is 0 Å². The van der Waals surface area contributed by atoms with Crippen molar-refractivity contribution in [1.82, 2.24) is 0 Å². The summed E-state index contributed by atoms with van der Waals surface area (Å²) in [5.41, 5.74) is -2.63. The molecule has 2 unspecified atom stereocenters. The molecule has 0 heterocycles. The Kier molecular flexibility index (Phi) is 14.7. The van der Waals surface area contributed by atoms with E-state index >= 15 is 0 Å². The molecule has 0 rings (SSSR count). The van der Waals surface area contributed by atoms with Gasteiger partial charge in [0, 0.05) is 6.42 Å². The van der Waals surface area contributed by atoms with Gasteiger partial charge in [0.25, 0.3) is 0 Å². The lowest BCUT2D eigenvalue weighted by Crippen LogP contribution is -2.29. The Bertz CT molecular complexity index is 588. The van der Waals surface area contributed by atoms with Crippen LogP contribution in [-0.2, 0) is 41.6 Å². The molecule has 0 amide bonds. The first-order chi connectivity index (χ1) is 14.2. The second-order valence-electron chi connectivity index (χ2n) is 6.32. The van der Waals surface area contributed by atoms with Gasteiger partial charge in [0.2, 0.25) is 0 Å². The molecule has 2 atom stereocenters. The molecule has 0 aromatic rings. The zero-order valence-corrected chi connectivity index (χ0v) is 20.3. The molecular formula is C18H36O10P2. The van der Waals surface area contributed by atoms with Crippen molar-refractivity contribution >= 4 is 27.1 Å². The van der Waals surface area contributed by atoms with Crippen LogP contribution in [0.25, 0.3) is 0 Å². The van der Waals surface area contributed by atoms with Crippen LogP contribution in [-0.4, -0.2) is 61.4 Å². The number of ether oxygens (including phenoxy) is 1. The number of hydrogen-bond acceptors (Lipinski definition) is 9. The summed E-state index contributed by atoms with van der Waals surface area (Å²) >= 11 is 0. The number of esters is 1. The molecule has 0 fully saturated rings. The molecule has 0 aliphatic heterocycles. The Morgan fingerprint density at radius 1 is 0.767 bits per heavy atom. The number of carbonyl (C=O) groups is 2. The topological polar surface area (TPSA) is 135 Å². The zero-order chi connectivity index (χ0) is 23.2. The SMILES string of the molecule is CCCOP(=O)(OCCC)C(CC)C(=O)OCCC(C(=O)O)P(=O)(OCC)OCC. The molecule has 0 radical (unpaired) electrons. The Labute approximate surface area is 179 Å². The van der Waals surface area contributed by atoms with E-state index in [1.165, 1.54) is 0 Å². The summed E-state index contributed by atoms with van der Waals surface area (Å²) in [5.74, 6) is -2.20. The first-order valence-corrected chi connectivity index (χ1v) is 13.5. The van der Waals surface area contributed by atoms with Crippen molar-refractivity contribution in [2.24, 2.45) is 0 Å². The van der Waals surface area contributed by atoms with Gasteiger partial charge in [0.1, 0.15) is 0 Å². The lowest BCUT2D eigenvalue weighted by Gasteiger charge is -2.25. The van der Waals surface area contributed by atoms with Crippen LogP contribution in [0.5, 0.6) is 0 Å². The zero-order valence-electron chi connectivity index (χ0n) is 18.5. The Balaban J connectivity index is 5.24. The number of hydrogen-bond donors (Lipinski definition) is 1. The minimum atomic E-state index is -3.93. The highest BCUT2D eigenvalue weighted by Gasteiger charge is 2.43. The second kappa shape index (κ2) is 15.1. The van der Waals surface area contributed by atoms with E-state index in [1.54, 1.807) is 20.8 Å². The Hall–Kier alpha value is -0.760. The van der Waals surface area contributed by atoms with E-state index in [2.05, 4.69) is 0 Å². The summed E-state index contributed by atoms with van der Waals surface area (Å²) < 4.78 is 52.0. The maximum atomic E-state index is 13.1. The van der Waals surface area contributed by atoms with E-state index in [-0.39, 0.29) is 45.9 Å². The van der Waals surface area contributed by atoms with Gasteiger partial charge in [-0.25, -0.2) is 0 Å². The molecule has 0 aliphatic carbocycles. The van der Waals surface area contributed by atoms with Crippen LogP contribution >= 0.6 is 15.2 Å². The molecule has 0 aromatic carbocycles. The maximum Gasteiger partial charge on any atom is 0.344 e. The van der Waals surface area contributed by atoms with Crippen LogP contribution in [0.2, 0.25) is 0 Å². The summed E-state index contributed by atoms with van der Waals surface area (Å²) in [4.78, 5) is 24.2. The molecular weight excluding hydrogens is 438 g/mol. The van der Waals surface area contributed by atoms with Crippen LogP contribution < -0.4 is 0 Å². The molecule has 1 N–H and O–H groups in total. The number of carboxylic acid groups (broad SMARTS) is 1. The normalized spacial score (nSPS) is 14.3. The van der Waals surface area contributed by atoms with Gasteiger partial charge in [-0.3, -0.25) is 18.7 Å². The van der Waals surface area contributed by atoms with Crippen molar-refractivity contribution in [3.05, 3.63) is 0 Å². The van der Waals surface area contributed by atoms with Crippen molar-refractivity contribution in [2.45, 2.75) is 71.6 Å². The van der Waals surface area contributed by atoms with E-state index < -0.39 is 38.4 Å². The smallest absolute Gasteiger partial charge is 0.344 e.